The number of aryl methyl sites for hydroxylation is 1. The molecule has 0 bridgehead atoms. The summed E-state index contributed by atoms with van der Waals surface area (Å²) in [5, 5.41) is 12.4. The molecule has 3 rings (SSSR count). The largest absolute Gasteiger partial charge is 0.383 e. The maximum Gasteiger partial charge on any atom is 0.224 e. The number of likely N-dealkylation sites (tertiary alicyclic amines) is 1. The highest BCUT2D eigenvalue weighted by Gasteiger charge is 2.32. The Morgan fingerprint density at radius 2 is 2.11 bits per heavy atom. The van der Waals surface area contributed by atoms with E-state index in [1.54, 1.807) is 7.11 Å². The third-order valence-corrected chi connectivity index (χ3v) is 5.84. The molecule has 2 saturated heterocycles. The van der Waals surface area contributed by atoms with Crippen molar-refractivity contribution in [2.45, 2.75) is 38.6 Å². The van der Waals surface area contributed by atoms with E-state index in [0.29, 0.717) is 24.8 Å². The van der Waals surface area contributed by atoms with Gasteiger partial charge in [-0.05, 0) is 51.3 Å². The third kappa shape index (κ3) is 5.00. The molecule has 7 nitrogen and oxygen atoms in total. The number of piperidine rings is 2. The molecule has 1 aromatic rings. The Labute approximate surface area is 167 Å². The number of methoxy groups -OCH3 is 1. The minimum Gasteiger partial charge on any atom is -0.383 e. The van der Waals surface area contributed by atoms with Gasteiger partial charge in [0.1, 0.15) is 11.9 Å². The second-order valence-electron chi connectivity index (χ2n) is 7.77. The molecular formula is C21H31N5O2. The number of hydrogen-bond donors (Lipinski definition) is 1. The number of amides is 1. The smallest absolute Gasteiger partial charge is 0.224 e. The number of aromatic nitrogens is 1. The molecule has 0 spiro atoms. The number of rotatable bonds is 6. The second-order valence-corrected chi connectivity index (χ2v) is 7.77. The van der Waals surface area contributed by atoms with Gasteiger partial charge < -0.3 is 15.0 Å². The maximum absolute atomic E-state index is 12.4. The summed E-state index contributed by atoms with van der Waals surface area (Å²) in [6.45, 7) is 6.80. The minimum absolute atomic E-state index is 0.0762. The van der Waals surface area contributed by atoms with Crippen molar-refractivity contribution >= 4 is 11.7 Å². The molecule has 1 atom stereocenters. The topological polar surface area (TPSA) is 81.5 Å². The standard InChI is InChI=1S/C21H31N5O2/c1-16-5-6-17(14-22)20(24-16)25-11-7-19(8-12-25)26-10-3-4-18(15-26)21(27)23-9-13-28-2/h5-6,18-19H,3-4,7-13,15H2,1-2H3,(H,23,27). The monoisotopic (exact) mass is 385 g/mol. The highest BCUT2D eigenvalue weighted by Crippen LogP contribution is 2.27. The van der Waals surface area contributed by atoms with Crippen molar-refractivity contribution in [1.29, 1.82) is 5.26 Å². The fraction of sp³-hybridized carbons (Fsp3) is 0.667. The molecule has 1 amide bonds. The summed E-state index contributed by atoms with van der Waals surface area (Å²) in [4.78, 5) is 21.7. The average Bonchev–Trinajstić information content (AvgIpc) is 2.74. The molecular weight excluding hydrogens is 354 g/mol. The molecule has 0 saturated carbocycles. The zero-order valence-corrected chi connectivity index (χ0v) is 17.0. The third-order valence-electron chi connectivity index (χ3n) is 5.84. The molecule has 3 heterocycles. The molecule has 0 aliphatic carbocycles. The summed E-state index contributed by atoms with van der Waals surface area (Å²) in [6.07, 6.45) is 4.12. The van der Waals surface area contributed by atoms with Gasteiger partial charge >= 0.3 is 0 Å². The Morgan fingerprint density at radius 1 is 1.32 bits per heavy atom. The van der Waals surface area contributed by atoms with Gasteiger partial charge in [-0.15, -0.1) is 0 Å². The van der Waals surface area contributed by atoms with E-state index in [1.165, 1.54) is 0 Å². The van der Waals surface area contributed by atoms with E-state index >= 15 is 0 Å². The molecule has 1 aromatic heterocycles. The SMILES string of the molecule is COCCNC(=O)C1CCCN(C2CCN(c3nc(C)ccc3C#N)CC2)C1. The van der Waals surface area contributed by atoms with Crippen LogP contribution >= 0.6 is 0 Å². The van der Waals surface area contributed by atoms with Crippen molar-refractivity contribution in [3.8, 4) is 6.07 Å². The summed E-state index contributed by atoms with van der Waals surface area (Å²) < 4.78 is 5.01. The Kier molecular flexibility index (Phi) is 7.24. The Balaban J connectivity index is 1.54. The number of anilines is 1. The molecule has 2 aliphatic heterocycles. The first kappa shape index (κ1) is 20.6. The molecule has 0 radical (unpaired) electrons. The Hall–Kier alpha value is -2.17. The van der Waals surface area contributed by atoms with Crippen molar-refractivity contribution < 1.29 is 9.53 Å². The van der Waals surface area contributed by atoms with Crippen molar-refractivity contribution in [3.63, 3.8) is 0 Å². The van der Waals surface area contributed by atoms with Gasteiger partial charge in [0.2, 0.25) is 5.91 Å². The van der Waals surface area contributed by atoms with E-state index < -0.39 is 0 Å². The van der Waals surface area contributed by atoms with Crippen LogP contribution in [0.3, 0.4) is 0 Å². The van der Waals surface area contributed by atoms with Crippen LogP contribution in [-0.2, 0) is 9.53 Å². The quantitative estimate of drug-likeness (QED) is 0.751. The number of carbonyl (C=O) groups is 1. The first-order chi connectivity index (χ1) is 13.6. The Bertz CT molecular complexity index is 709. The molecule has 28 heavy (non-hydrogen) atoms. The van der Waals surface area contributed by atoms with Crippen molar-refractivity contribution in [1.82, 2.24) is 15.2 Å². The number of ether oxygens (including phenoxy) is 1. The van der Waals surface area contributed by atoms with Gasteiger partial charge in [-0.25, -0.2) is 4.98 Å². The number of carbonyl (C=O) groups excluding carboxylic acids is 1. The van der Waals surface area contributed by atoms with Gasteiger partial charge in [0, 0.05) is 45.0 Å². The van der Waals surface area contributed by atoms with E-state index in [1.807, 2.05) is 19.1 Å². The lowest BCUT2D eigenvalue weighted by atomic mass is 9.93. The average molecular weight is 386 g/mol. The lowest BCUT2D eigenvalue weighted by Crippen LogP contribution is -2.51. The van der Waals surface area contributed by atoms with Gasteiger partial charge in [0.25, 0.3) is 0 Å². The van der Waals surface area contributed by atoms with Crippen molar-refractivity contribution in [2.75, 3.05) is 51.3 Å². The van der Waals surface area contributed by atoms with Gasteiger partial charge in [0.05, 0.1) is 18.1 Å². The molecule has 2 fully saturated rings. The summed E-state index contributed by atoms with van der Waals surface area (Å²) in [7, 11) is 1.65. The van der Waals surface area contributed by atoms with E-state index in [-0.39, 0.29) is 11.8 Å². The van der Waals surface area contributed by atoms with Crippen LogP contribution < -0.4 is 10.2 Å². The zero-order chi connectivity index (χ0) is 19.9. The molecule has 0 aromatic carbocycles. The van der Waals surface area contributed by atoms with Crippen LogP contribution in [0, 0.1) is 24.2 Å². The lowest BCUT2D eigenvalue weighted by molar-refractivity contribution is -0.127. The van der Waals surface area contributed by atoms with E-state index in [0.717, 1.165) is 63.4 Å². The fourth-order valence-electron chi connectivity index (χ4n) is 4.29. The second kappa shape index (κ2) is 9.85. The van der Waals surface area contributed by atoms with Crippen LogP contribution in [0.15, 0.2) is 12.1 Å². The van der Waals surface area contributed by atoms with Crippen molar-refractivity contribution in [2.24, 2.45) is 5.92 Å². The van der Waals surface area contributed by atoms with Gasteiger partial charge in [-0.3, -0.25) is 9.69 Å². The Morgan fingerprint density at radius 3 is 2.82 bits per heavy atom. The minimum atomic E-state index is 0.0762. The molecule has 152 valence electrons. The summed E-state index contributed by atoms with van der Waals surface area (Å²) in [5.74, 6) is 1.05. The number of hydrogen-bond acceptors (Lipinski definition) is 6. The zero-order valence-electron chi connectivity index (χ0n) is 17.0. The predicted octanol–water partition coefficient (Wildman–Crippen LogP) is 1.71. The number of nitriles is 1. The molecule has 1 N–H and O–H groups in total. The first-order valence-electron chi connectivity index (χ1n) is 10.3. The molecule has 2 aliphatic rings. The fourth-order valence-corrected chi connectivity index (χ4v) is 4.29. The van der Waals surface area contributed by atoms with Crippen molar-refractivity contribution in [3.05, 3.63) is 23.4 Å². The highest BCUT2D eigenvalue weighted by molar-refractivity contribution is 5.78. The summed E-state index contributed by atoms with van der Waals surface area (Å²) in [5.41, 5.74) is 1.59. The van der Waals surface area contributed by atoms with Crippen LogP contribution in [0.25, 0.3) is 0 Å². The normalized spacial score (nSPS) is 21.3. The molecule has 7 heteroatoms. The van der Waals surface area contributed by atoms with Crippen LogP contribution in [-0.4, -0.2) is 68.3 Å². The first-order valence-corrected chi connectivity index (χ1v) is 10.3. The van der Waals surface area contributed by atoms with Gasteiger partial charge in [0.15, 0.2) is 0 Å². The highest BCUT2D eigenvalue weighted by atomic mass is 16.5. The van der Waals surface area contributed by atoms with Crippen LogP contribution in [0.1, 0.15) is 36.9 Å². The summed E-state index contributed by atoms with van der Waals surface area (Å²) >= 11 is 0. The maximum atomic E-state index is 12.4. The number of pyridine rings is 1. The molecule has 1 unspecified atom stereocenters. The van der Waals surface area contributed by atoms with Crippen LogP contribution in [0.5, 0.6) is 0 Å². The van der Waals surface area contributed by atoms with Gasteiger partial charge in [-0.1, -0.05) is 0 Å². The van der Waals surface area contributed by atoms with E-state index in [9.17, 15) is 10.1 Å². The van der Waals surface area contributed by atoms with Gasteiger partial charge in [-0.2, -0.15) is 5.26 Å². The van der Waals surface area contributed by atoms with Crippen LogP contribution in [0.2, 0.25) is 0 Å². The van der Waals surface area contributed by atoms with Crippen LogP contribution in [0.4, 0.5) is 5.82 Å². The number of nitrogens with one attached hydrogen (secondary N) is 1. The van der Waals surface area contributed by atoms with E-state index in [4.69, 9.17) is 4.74 Å². The summed E-state index contributed by atoms with van der Waals surface area (Å²) in [6, 6.07) is 6.52. The van der Waals surface area contributed by atoms with E-state index in [2.05, 4.69) is 26.2 Å². The predicted molar refractivity (Wildman–Crippen MR) is 108 cm³/mol. The number of nitrogens with zero attached hydrogens (tertiary/aromatic N) is 4. The lowest BCUT2D eigenvalue weighted by Gasteiger charge is -2.42.